The number of aromatic nitrogens is 2. The van der Waals surface area contributed by atoms with Gasteiger partial charge in [0.25, 0.3) is 0 Å². The Morgan fingerprint density at radius 3 is 2.58 bits per heavy atom. The molecule has 316 valence electrons. The van der Waals surface area contributed by atoms with Gasteiger partial charge in [0.05, 0.1) is 49.0 Å². The first-order chi connectivity index (χ1) is 29.1. The number of nitrogens with zero attached hydrogens (tertiary/aromatic N) is 3. The van der Waals surface area contributed by atoms with Crippen LogP contribution in [0.25, 0.3) is 5.70 Å². The number of Topliss-reactive ketones (excluding diaryl/α,β-unsaturated/α-hetero) is 1. The van der Waals surface area contributed by atoms with E-state index in [0.717, 1.165) is 33.2 Å². The van der Waals surface area contributed by atoms with Gasteiger partial charge in [-0.25, -0.2) is 14.4 Å². The molecule has 4 aromatic rings. The smallest absolute Gasteiger partial charge is 0.226 e. The molecule has 60 heavy (non-hydrogen) atoms. The SMILES string of the molecule is C=C1NC(=O)CCC1N1Cc2c(CC(=O)CCOCCOCCNC(=O)C3(Cc4cccc(Nc5nccs5)n4)CCC(Oc4cccc(Cl)c4F)CC3)cccc2C1=C. The molecule has 1 saturated heterocycles. The summed E-state index contributed by atoms with van der Waals surface area (Å²) in [6.07, 6.45) is 5.68. The van der Waals surface area contributed by atoms with E-state index in [2.05, 4.69) is 39.0 Å². The number of hydrogen-bond donors (Lipinski definition) is 3. The standard InChI is InChI=1S/C45H50ClFN6O6S/c1-29-38(12-13-41(55)50-29)53-28-36-31(6-3-8-35(36)30(53)2)26-33(54)16-21-57-23-24-58-22-19-48-43(56)45(27-32-7-4-11-40(51-32)52-44-49-20-25-60-44)17-14-34(15-18-45)59-39-10-5-9-37(46)42(39)47/h3-11,20,25,34,38H,1-2,12-19,21-24,26-28H2,(H,48,56)(H,50,55)(H,49,51,52). The van der Waals surface area contributed by atoms with E-state index < -0.39 is 11.2 Å². The van der Waals surface area contributed by atoms with Gasteiger partial charge in [0.2, 0.25) is 11.8 Å². The summed E-state index contributed by atoms with van der Waals surface area (Å²) in [5.41, 5.74) is 4.66. The second kappa shape index (κ2) is 19.9. The molecule has 2 aromatic carbocycles. The Balaban J connectivity index is 0.843. The molecular weight excluding hydrogens is 807 g/mol. The summed E-state index contributed by atoms with van der Waals surface area (Å²) in [4.78, 5) is 50.0. The Morgan fingerprint density at radius 2 is 1.80 bits per heavy atom. The lowest BCUT2D eigenvalue weighted by molar-refractivity contribution is -0.134. The molecule has 1 aliphatic carbocycles. The summed E-state index contributed by atoms with van der Waals surface area (Å²) >= 11 is 7.45. The zero-order valence-electron chi connectivity index (χ0n) is 33.5. The van der Waals surface area contributed by atoms with Crippen molar-refractivity contribution in [3.8, 4) is 5.75 Å². The number of hydrogen-bond acceptors (Lipinski definition) is 11. The van der Waals surface area contributed by atoms with Gasteiger partial charge in [-0.3, -0.25) is 14.4 Å². The van der Waals surface area contributed by atoms with E-state index in [9.17, 15) is 18.8 Å². The highest BCUT2D eigenvalue weighted by Gasteiger charge is 2.43. The Bertz CT molecular complexity index is 2200. The van der Waals surface area contributed by atoms with Crippen LogP contribution < -0.4 is 20.7 Å². The van der Waals surface area contributed by atoms with Crippen molar-refractivity contribution in [1.29, 1.82) is 0 Å². The Hall–Kier alpha value is -5.15. The molecule has 1 unspecified atom stereocenters. The molecule has 0 spiro atoms. The van der Waals surface area contributed by atoms with E-state index >= 15 is 0 Å². The van der Waals surface area contributed by atoms with Gasteiger partial charge >= 0.3 is 0 Å². The lowest BCUT2D eigenvalue weighted by Gasteiger charge is -2.39. The molecule has 12 nitrogen and oxygen atoms in total. The quantitative estimate of drug-likeness (QED) is 0.0809. The van der Waals surface area contributed by atoms with Crippen LogP contribution in [0.1, 0.15) is 67.3 Å². The number of amides is 2. The zero-order chi connectivity index (χ0) is 42.1. The summed E-state index contributed by atoms with van der Waals surface area (Å²) < 4.78 is 32.1. The van der Waals surface area contributed by atoms with E-state index in [1.165, 1.54) is 17.4 Å². The molecule has 2 aromatic heterocycles. The molecule has 15 heteroatoms. The molecule has 2 aliphatic heterocycles. The first-order valence-corrected chi connectivity index (χ1v) is 21.6. The van der Waals surface area contributed by atoms with Gasteiger partial charge in [0, 0.05) is 73.0 Å². The average Bonchev–Trinajstić information content (AvgIpc) is 3.87. The fourth-order valence-electron chi connectivity index (χ4n) is 8.21. The number of halogens is 2. The normalized spacial score (nSPS) is 20.1. The molecule has 4 heterocycles. The molecule has 0 radical (unpaired) electrons. The third kappa shape index (κ3) is 10.6. The lowest BCUT2D eigenvalue weighted by atomic mass is 9.69. The summed E-state index contributed by atoms with van der Waals surface area (Å²) in [6, 6.07) is 16.3. The number of anilines is 2. The predicted octanol–water partition coefficient (Wildman–Crippen LogP) is 7.55. The minimum Gasteiger partial charge on any atom is -0.487 e. The van der Waals surface area contributed by atoms with Crippen LogP contribution in [0.3, 0.4) is 0 Å². The number of piperidine rings is 1. The van der Waals surface area contributed by atoms with Crippen LogP contribution in [-0.2, 0) is 43.2 Å². The topological polar surface area (TPSA) is 144 Å². The molecule has 2 amide bonds. The highest BCUT2D eigenvalue weighted by molar-refractivity contribution is 7.13. The number of carbonyl (C=O) groups is 3. The van der Waals surface area contributed by atoms with Crippen LogP contribution in [-0.4, -0.2) is 77.6 Å². The predicted molar refractivity (Wildman–Crippen MR) is 229 cm³/mol. The monoisotopic (exact) mass is 856 g/mol. The summed E-state index contributed by atoms with van der Waals surface area (Å²) in [6.45, 7) is 10.5. The number of ketones is 1. The first-order valence-electron chi connectivity index (χ1n) is 20.3. The minimum atomic E-state index is -0.758. The van der Waals surface area contributed by atoms with Gasteiger partial charge < -0.3 is 35.1 Å². The largest absolute Gasteiger partial charge is 0.487 e. The average molecular weight is 857 g/mol. The van der Waals surface area contributed by atoms with Crippen LogP contribution in [0.5, 0.6) is 5.75 Å². The van der Waals surface area contributed by atoms with Crippen molar-refractivity contribution < 1.29 is 33.0 Å². The second-order valence-corrected chi connectivity index (χ2v) is 16.7. The summed E-state index contributed by atoms with van der Waals surface area (Å²) in [7, 11) is 0. The first kappa shape index (κ1) is 43.0. The van der Waals surface area contributed by atoms with Crippen molar-refractivity contribution in [1.82, 2.24) is 25.5 Å². The molecule has 0 bridgehead atoms. The number of benzene rings is 2. The minimum absolute atomic E-state index is 0.00179. The van der Waals surface area contributed by atoms with Gasteiger partial charge in [-0.15, -0.1) is 11.3 Å². The highest BCUT2D eigenvalue weighted by atomic mass is 35.5. The Morgan fingerprint density at radius 1 is 1.02 bits per heavy atom. The van der Waals surface area contributed by atoms with Crippen molar-refractivity contribution in [2.24, 2.45) is 5.41 Å². The van der Waals surface area contributed by atoms with E-state index in [1.54, 1.807) is 18.3 Å². The van der Waals surface area contributed by atoms with Crippen molar-refractivity contribution in [3.63, 3.8) is 0 Å². The number of carbonyl (C=O) groups excluding carboxylic acids is 3. The molecule has 1 atom stereocenters. The van der Waals surface area contributed by atoms with Gasteiger partial charge in [-0.05, 0) is 67.5 Å². The number of nitrogens with one attached hydrogen (secondary N) is 3. The molecule has 3 N–H and O–H groups in total. The van der Waals surface area contributed by atoms with Crippen molar-refractivity contribution >= 4 is 57.2 Å². The number of thiazole rings is 1. The molecule has 2 fully saturated rings. The third-order valence-electron chi connectivity index (χ3n) is 11.4. The summed E-state index contributed by atoms with van der Waals surface area (Å²) in [5, 5.41) is 11.8. The van der Waals surface area contributed by atoms with Crippen LogP contribution in [0.2, 0.25) is 5.02 Å². The van der Waals surface area contributed by atoms with Crippen LogP contribution in [0, 0.1) is 11.2 Å². The van der Waals surface area contributed by atoms with Crippen LogP contribution in [0.4, 0.5) is 15.3 Å². The van der Waals surface area contributed by atoms with Crippen molar-refractivity contribution in [2.75, 3.05) is 38.3 Å². The molecule has 1 saturated carbocycles. The summed E-state index contributed by atoms with van der Waals surface area (Å²) in [5.74, 6) is 0.128. The van der Waals surface area contributed by atoms with Gasteiger partial charge in [-0.1, -0.05) is 55.1 Å². The third-order valence-corrected chi connectivity index (χ3v) is 12.4. The van der Waals surface area contributed by atoms with Crippen LogP contribution in [0.15, 0.2) is 85.0 Å². The molecular formula is C45H50ClFN6O6S. The van der Waals surface area contributed by atoms with Crippen molar-refractivity contribution in [2.45, 2.75) is 76.5 Å². The maximum Gasteiger partial charge on any atom is 0.226 e. The maximum absolute atomic E-state index is 14.6. The van der Waals surface area contributed by atoms with E-state index in [-0.39, 0.29) is 60.2 Å². The van der Waals surface area contributed by atoms with Gasteiger partial charge in [0.15, 0.2) is 16.7 Å². The van der Waals surface area contributed by atoms with Gasteiger partial charge in [-0.2, -0.15) is 0 Å². The zero-order valence-corrected chi connectivity index (χ0v) is 35.1. The number of fused-ring (bicyclic) bond motifs is 1. The maximum atomic E-state index is 14.6. The van der Waals surface area contributed by atoms with Gasteiger partial charge in [0.1, 0.15) is 11.6 Å². The highest BCUT2D eigenvalue weighted by Crippen LogP contribution is 2.42. The fourth-order valence-corrected chi connectivity index (χ4v) is 8.91. The molecule has 3 aliphatic rings. The van der Waals surface area contributed by atoms with Crippen LogP contribution >= 0.6 is 22.9 Å². The van der Waals surface area contributed by atoms with E-state index in [1.807, 2.05) is 41.8 Å². The second-order valence-electron chi connectivity index (χ2n) is 15.4. The number of ether oxygens (including phenoxy) is 3. The van der Waals surface area contributed by atoms with E-state index in [4.69, 9.17) is 30.8 Å². The molecule has 7 rings (SSSR count). The lowest BCUT2D eigenvalue weighted by Crippen LogP contribution is -2.47. The number of pyridine rings is 1. The Labute approximate surface area is 358 Å². The fraction of sp³-hybridized carbons (Fsp3) is 0.400. The van der Waals surface area contributed by atoms with Crippen molar-refractivity contribution in [3.05, 3.63) is 118 Å². The Kier molecular flexibility index (Phi) is 14.3. The van der Waals surface area contributed by atoms with E-state index in [0.29, 0.717) is 89.2 Å². The number of rotatable bonds is 19.